The van der Waals surface area contributed by atoms with E-state index in [-0.39, 0.29) is 5.91 Å². The van der Waals surface area contributed by atoms with E-state index in [1.54, 1.807) is 6.07 Å². The number of nitrogens with one attached hydrogen (secondary N) is 1. The van der Waals surface area contributed by atoms with Crippen LogP contribution >= 0.6 is 0 Å². The van der Waals surface area contributed by atoms with E-state index in [0.717, 1.165) is 12.1 Å². The second-order valence-electron chi connectivity index (χ2n) is 3.55. The molecular formula is C10H17N3O2. The molecule has 1 rings (SSSR count). The summed E-state index contributed by atoms with van der Waals surface area (Å²) in [4.78, 5) is 11.4. The van der Waals surface area contributed by atoms with Crippen molar-refractivity contribution >= 4 is 5.91 Å². The minimum atomic E-state index is -0.431. The first kappa shape index (κ1) is 11.7. The first-order chi connectivity index (χ1) is 7.13. The van der Waals surface area contributed by atoms with Crippen molar-refractivity contribution in [1.29, 1.82) is 0 Å². The molecule has 0 aliphatic heterocycles. The Morgan fingerprint density at radius 1 is 1.73 bits per heavy atom. The average molecular weight is 211 g/mol. The Kier molecular flexibility index (Phi) is 4.30. The molecule has 5 heteroatoms. The molecule has 0 radical (unpaired) electrons. The van der Waals surface area contributed by atoms with Crippen LogP contribution in [0.5, 0.6) is 0 Å². The number of amides is 1. The molecule has 5 nitrogen and oxygen atoms in total. The van der Waals surface area contributed by atoms with Gasteiger partial charge in [-0.05, 0) is 13.3 Å². The van der Waals surface area contributed by atoms with Crippen LogP contribution in [0.2, 0.25) is 0 Å². The minimum absolute atomic E-state index is 0.147. The number of hydrogen-bond acceptors (Lipinski definition) is 4. The van der Waals surface area contributed by atoms with E-state index in [1.165, 1.54) is 0 Å². The normalized spacial score (nSPS) is 12.5. The van der Waals surface area contributed by atoms with Crippen LogP contribution in [-0.4, -0.2) is 17.1 Å². The van der Waals surface area contributed by atoms with Crippen molar-refractivity contribution < 1.29 is 9.32 Å². The van der Waals surface area contributed by atoms with Crippen LogP contribution in [0.25, 0.3) is 0 Å². The summed E-state index contributed by atoms with van der Waals surface area (Å²) in [6.45, 7) is 4.17. The molecule has 1 aromatic heterocycles. The fourth-order valence-electron chi connectivity index (χ4n) is 1.25. The first-order valence-corrected chi connectivity index (χ1v) is 5.09. The zero-order valence-electron chi connectivity index (χ0n) is 9.12. The Morgan fingerprint density at radius 3 is 3.00 bits per heavy atom. The Balaban J connectivity index is 2.34. The predicted molar refractivity (Wildman–Crippen MR) is 56.0 cm³/mol. The van der Waals surface area contributed by atoms with Gasteiger partial charge in [0.25, 0.3) is 0 Å². The van der Waals surface area contributed by atoms with Crippen LogP contribution < -0.4 is 11.1 Å². The highest BCUT2D eigenvalue weighted by Gasteiger charge is 2.12. The minimum Gasteiger partial charge on any atom is -0.359 e. The van der Waals surface area contributed by atoms with Crippen molar-refractivity contribution in [3.8, 4) is 0 Å². The molecule has 1 atom stereocenters. The van der Waals surface area contributed by atoms with Gasteiger partial charge in [0.15, 0.2) is 5.76 Å². The number of nitrogens with two attached hydrogens (primary N) is 1. The van der Waals surface area contributed by atoms with Crippen molar-refractivity contribution in [2.75, 3.05) is 0 Å². The van der Waals surface area contributed by atoms with Crippen molar-refractivity contribution in [2.45, 2.75) is 39.3 Å². The summed E-state index contributed by atoms with van der Waals surface area (Å²) in [5.74, 6) is 0.496. The third-order valence-corrected chi connectivity index (χ3v) is 2.05. The van der Waals surface area contributed by atoms with E-state index in [2.05, 4.69) is 10.5 Å². The molecule has 84 valence electrons. The SMILES string of the molecule is CCC[C@H](N)C(=O)NCc1cc(C)no1. The predicted octanol–water partition coefficient (Wildman–Crippen LogP) is 0.727. The molecule has 0 aromatic carbocycles. The maximum Gasteiger partial charge on any atom is 0.237 e. The van der Waals surface area contributed by atoms with Gasteiger partial charge >= 0.3 is 0 Å². The zero-order valence-corrected chi connectivity index (χ0v) is 9.12. The van der Waals surface area contributed by atoms with Gasteiger partial charge in [0, 0.05) is 6.07 Å². The summed E-state index contributed by atoms with van der Waals surface area (Å²) in [5.41, 5.74) is 6.44. The Morgan fingerprint density at radius 2 is 2.47 bits per heavy atom. The summed E-state index contributed by atoms with van der Waals surface area (Å²) in [6.07, 6.45) is 1.59. The molecule has 0 saturated carbocycles. The molecule has 0 aliphatic carbocycles. The number of aromatic nitrogens is 1. The van der Waals surface area contributed by atoms with Crippen LogP contribution in [0.4, 0.5) is 0 Å². The van der Waals surface area contributed by atoms with Gasteiger partial charge in [0.2, 0.25) is 5.91 Å². The van der Waals surface area contributed by atoms with Gasteiger partial charge in [-0.1, -0.05) is 18.5 Å². The largest absolute Gasteiger partial charge is 0.359 e. The van der Waals surface area contributed by atoms with E-state index < -0.39 is 6.04 Å². The third kappa shape index (κ3) is 3.71. The lowest BCUT2D eigenvalue weighted by Gasteiger charge is -2.09. The molecule has 0 bridgehead atoms. The van der Waals surface area contributed by atoms with Gasteiger partial charge in [-0.15, -0.1) is 0 Å². The first-order valence-electron chi connectivity index (χ1n) is 5.09. The second-order valence-corrected chi connectivity index (χ2v) is 3.55. The van der Waals surface area contributed by atoms with Gasteiger partial charge in [0.1, 0.15) is 0 Å². The van der Waals surface area contributed by atoms with Crippen LogP contribution in [0.1, 0.15) is 31.2 Å². The molecule has 0 spiro atoms. The Bertz CT molecular complexity index is 322. The second kappa shape index (κ2) is 5.50. The van der Waals surface area contributed by atoms with Gasteiger partial charge in [-0.3, -0.25) is 4.79 Å². The van der Waals surface area contributed by atoms with Crippen LogP contribution in [0.3, 0.4) is 0 Å². The average Bonchev–Trinajstić information content (AvgIpc) is 2.61. The number of hydrogen-bond donors (Lipinski definition) is 2. The van der Waals surface area contributed by atoms with E-state index in [0.29, 0.717) is 18.7 Å². The summed E-state index contributed by atoms with van der Waals surface area (Å²) < 4.78 is 4.95. The molecular weight excluding hydrogens is 194 g/mol. The quantitative estimate of drug-likeness (QED) is 0.752. The van der Waals surface area contributed by atoms with Gasteiger partial charge in [-0.25, -0.2) is 0 Å². The standard InChI is InChI=1S/C10H17N3O2/c1-3-4-9(11)10(14)12-6-8-5-7(2)13-15-8/h5,9H,3-4,6,11H2,1-2H3,(H,12,14)/t9-/m0/s1. The number of carbonyl (C=O) groups is 1. The summed E-state index contributed by atoms with van der Waals surface area (Å²) in [5, 5.41) is 6.42. The number of aryl methyl sites for hydroxylation is 1. The third-order valence-electron chi connectivity index (χ3n) is 2.05. The lowest BCUT2D eigenvalue weighted by molar-refractivity contribution is -0.122. The summed E-state index contributed by atoms with van der Waals surface area (Å²) in [6, 6.07) is 1.35. The lowest BCUT2D eigenvalue weighted by atomic mass is 10.2. The van der Waals surface area contributed by atoms with Gasteiger partial charge in [-0.2, -0.15) is 0 Å². The lowest BCUT2D eigenvalue weighted by Crippen LogP contribution is -2.39. The Labute approximate surface area is 89.0 Å². The molecule has 0 fully saturated rings. The maximum absolute atomic E-state index is 11.4. The molecule has 0 unspecified atom stereocenters. The van der Waals surface area contributed by atoms with E-state index in [9.17, 15) is 4.79 Å². The zero-order chi connectivity index (χ0) is 11.3. The smallest absolute Gasteiger partial charge is 0.237 e. The van der Waals surface area contributed by atoms with Crippen molar-refractivity contribution in [3.05, 3.63) is 17.5 Å². The van der Waals surface area contributed by atoms with E-state index >= 15 is 0 Å². The van der Waals surface area contributed by atoms with Crippen molar-refractivity contribution in [1.82, 2.24) is 10.5 Å². The summed E-state index contributed by atoms with van der Waals surface area (Å²) >= 11 is 0. The van der Waals surface area contributed by atoms with Crippen molar-refractivity contribution in [3.63, 3.8) is 0 Å². The van der Waals surface area contributed by atoms with Crippen LogP contribution in [-0.2, 0) is 11.3 Å². The van der Waals surface area contributed by atoms with Crippen molar-refractivity contribution in [2.24, 2.45) is 5.73 Å². The topological polar surface area (TPSA) is 81.2 Å². The van der Waals surface area contributed by atoms with Gasteiger partial charge < -0.3 is 15.6 Å². The number of carbonyl (C=O) groups excluding carboxylic acids is 1. The van der Waals surface area contributed by atoms with E-state index in [1.807, 2.05) is 13.8 Å². The molecule has 15 heavy (non-hydrogen) atoms. The van der Waals surface area contributed by atoms with Crippen LogP contribution in [0, 0.1) is 6.92 Å². The number of nitrogens with zero attached hydrogens (tertiary/aromatic N) is 1. The molecule has 1 amide bonds. The summed E-state index contributed by atoms with van der Waals surface area (Å²) in [7, 11) is 0. The van der Waals surface area contributed by atoms with Gasteiger partial charge in [0.05, 0.1) is 18.3 Å². The monoisotopic (exact) mass is 211 g/mol. The molecule has 3 N–H and O–H groups in total. The fraction of sp³-hybridized carbons (Fsp3) is 0.600. The molecule has 1 aromatic rings. The molecule has 0 saturated heterocycles. The molecule has 0 aliphatic rings. The maximum atomic E-state index is 11.4. The van der Waals surface area contributed by atoms with Crippen LogP contribution in [0.15, 0.2) is 10.6 Å². The Hall–Kier alpha value is -1.36. The highest BCUT2D eigenvalue weighted by atomic mass is 16.5. The highest BCUT2D eigenvalue weighted by molar-refractivity contribution is 5.81. The fourth-order valence-corrected chi connectivity index (χ4v) is 1.25. The molecule has 1 heterocycles. The highest BCUT2D eigenvalue weighted by Crippen LogP contribution is 2.01. The number of rotatable bonds is 5. The van der Waals surface area contributed by atoms with E-state index in [4.69, 9.17) is 10.3 Å².